The van der Waals surface area contributed by atoms with Crippen LogP contribution in [0.1, 0.15) is 42.6 Å². The van der Waals surface area contributed by atoms with Gasteiger partial charge in [0, 0.05) is 37.1 Å². The van der Waals surface area contributed by atoms with Gasteiger partial charge in [-0.25, -0.2) is 4.39 Å². The molecule has 1 saturated carbocycles. The molecule has 2 nitrogen and oxygen atoms in total. The first-order valence-corrected chi connectivity index (χ1v) is 9.40. The summed E-state index contributed by atoms with van der Waals surface area (Å²) in [5, 5.41) is 0. The number of halogens is 1. The quantitative estimate of drug-likeness (QED) is 0.555. The second kappa shape index (κ2) is 7.46. The Hall–Kier alpha value is -2.39. The Morgan fingerprint density at radius 3 is 2.42 bits per heavy atom. The van der Waals surface area contributed by atoms with Crippen molar-refractivity contribution in [2.75, 3.05) is 0 Å². The maximum Gasteiger partial charge on any atom is 0.123 e. The molecule has 1 atom stereocenters. The molecule has 3 heteroatoms. The molecule has 0 radical (unpaired) electrons. The summed E-state index contributed by atoms with van der Waals surface area (Å²) in [6.07, 6.45) is 4.70. The van der Waals surface area contributed by atoms with E-state index in [9.17, 15) is 4.39 Å². The van der Waals surface area contributed by atoms with Gasteiger partial charge in [0.15, 0.2) is 0 Å². The summed E-state index contributed by atoms with van der Waals surface area (Å²) in [5.74, 6) is -0.182. The average molecular weight is 348 g/mol. The smallest absolute Gasteiger partial charge is 0.123 e. The van der Waals surface area contributed by atoms with E-state index in [0.29, 0.717) is 12.1 Å². The van der Waals surface area contributed by atoms with Crippen molar-refractivity contribution in [3.63, 3.8) is 0 Å². The molecule has 2 aromatic carbocycles. The van der Waals surface area contributed by atoms with E-state index in [-0.39, 0.29) is 5.82 Å². The van der Waals surface area contributed by atoms with Crippen molar-refractivity contribution in [3.8, 4) is 0 Å². The molecule has 1 aromatic heterocycles. The van der Waals surface area contributed by atoms with Crippen LogP contribution in [0.4, 0.5) is 4.39 Å². The van der Waals surface area contributed by atoms with Crippen LogP contribution < -0.4 is 0 Å². The Labute approximate surface area is 154 Å². The van der Waals surface area contributed by atoms with Crippen molar-refractivity contribution in [1.82, 2.24) is 9.47 Å². The molecule has 1 aliphatic rings. The zero-order valence-electron chi connectivity index (χ0n) is 15.2. The lowest BCUT2D eigenvalue weighted by Crippen LogP contribution is -2.29. The van der Waals surface area contributed by atoms with Crippen LogP contribution in [0, 0.1) is 5.82 Å². The average Bonchev–Trinajstić information content (AvgIpc) is 3.42. The first kappa shape index (κ1) is 17.0. The molecular weight excluding hydrogens is 323 g/mol. The van der Waals surface area contributed by atoms with E-state index in [2.05, 4.69) is 65.1 Å². The third-order valence-corrected chi connectivity index (χ3v) is 5.33. The number of benzene rings is 2. The van der Waals surface area contributed by atoms with E-state index in [1.54, 1.807) is 0 Å². The van der Waals surface area contributed by atoms with Gasteiger partial charge in [-0.15, -0.1) is 0 Å². The van der Waals surface area contributed by atoms with Crippen LogP contribution in [0.5, 0.6) is 0 Å². The van der Waals surface area contributed by atoms with Gasteiger partial charge < -0.3 is 4.57 Å². The predicted molar refractivity (Wildman–Crippen MR) is 103 cm³/mol. The van der Waals surface area contributed by atoms with Gasteiger partial charge in [-0.05, 0) is 55.2 Å². The second-order valence-corrected chi connectivity index (χ2v) is 7.24. The number of nitrogens with zero attached hydrogens (tertiary/aromatic N) is 2. The minimum Gasteiger partial charge on any atom is -0.346 e. The van der Waals surface area contributed by atoms with Crippen LogP contribution in [0.3, 0.4) is 0 Å². The van der Waals surface area contributed by atoms with Crippen molar-refractivity contribution in [2.45, 2.75) is 44.9 Å². The van der Waals surface area contributed by atoms with E-state index in [0.717, 1.165) is 18.7 Å². The molecule has 0 N–H and O–H groups in total. The molecule has 0 bridgehead atoms. The number of hydrogen-bond acceptors (Lipinski definition) is 1. The summed E-state index contributed by atoms with van der Waals surface area (Å²) < 4.78 is 15.4. The molecule has 26 heavy (non-hydrogen) atoms. The Bertz CT molecular complexity index is 834. The van der Waals surface area contributed by atoms with E-state index >= 15 is 0 Å². The molecule has 1 aliphatic carbocycles. The highest BCUT2D eigenvalue weighted by molar-refractivity contribution is 5.21. The zero-order valence-corrected chi connectivity index (χ0v) is 15.2. The number of aromatic nitrogens is 1. The molecule has 0 saturated heterocycles. The van der Waals surface area contributed by atoms with Crippen molar-refractivity contribution in [3.05, 3.63) is 95.6 Å². The summed E-state index contributed by atoms with van der Waals surface area (Å²) in [6.45, 7) is 4.02. The Morgan fingerprint density at radius 1 is 1.00 bits per heavy atom. The minimum absolute atomic E-state index is 0.182. The van der Waals surface area contributed by atoms with Crippen LogP contribution in [0.25, 0.3) is 0 Å². The zero-order chi connectivity index (χ0) is 17.9. The molecule has 0 amide bonds. The van der Waals surface area contributed by atoms with Crippen molar-refractivity contribution < 1.29 is 4.39 Å². The molecule has 0 spiro atoms. The third-order valence-electron chi connectivity index (χ3n) is 5.33. The van der Waals surface area contributed by atoms with E-state index in [1.807, 2.05) is 12.1 Å². The van der Waals surface area contributed by atoms with E-state index in [1.165, 1.54) is 36.2 Å². The van der Waals surface area contributed by atoms with Gasteiger partial charge >= 0.3 is 0 Å². The summed E-state index contributed by atoms with van der Waals surface area (Å²) in [4.78, 5) is 2.62. The summed E-state index contributed by atoms with van der Waals surface area (Å²) in [7, 11) is 0. The SMILES string of the molecule is CC(c1ccccc1)N(Cc1cccn1Cc1ccc(F)cc1)C1CC1. The van der Waals surface area contributed by atoms with Crippen LogP contribution in [-0.2, 0) is 13.1 Å². The molecule has 4 rings (SSSR count). The lowest BCUT2D eigenvalue weighted by Gasteiger charge is -2.30. The normalized spacial score (nSPS) is 15.3. The Morgan fingerprint density at radius 2 is 1.73 bits per heavy atom. The lowest BCUT2D eigenvalue weighted by molar-refractivity contribution is 0.186. The molecule has 0 aliphatic heterocycles. The molecule has 1 unspecified atom stereocenters. The van der Waals surface area contributed by atoms with Gasteiger partial charge in [0.25, 0.3) is 0 Å². The first-order chi connectivity index (χ1) is 12.7. The van der Waals surface area contributed by atoms with Crippen LogP contribution in [0.2, 0.25) is 0 Å². The van der Waals surface area contributed by atoms with Gasteiger partial charge in [0.05, 0.1) is 0 Å². The van der Waals surface area contributed by atoms with Crippen LogP contribution in [0.15, 0.2) is 72.9 Å². The third kappa shape index (κ3) is 3.88. The molecule has 1 heterocycles. The Kier molecular flexibility index (Phi) is 4.89. The van der Waals surface area contributed by atoms with Crippen LogP contribution >= 0.6 is 0 Å². The largest absolute Gasteiger partial charge is 0.346 e. The fourth-order valence-electron chi connectivity index (χ4n) is 3.63. The van der Waals surface area contributed by atoms with Crippen molar-refractivity contribution in [1.29, 1.82) is 0 Å². The first-order valence-electron chi connectivity index (χ1n) is 9.40. The highest BCUT2D eigenvalue weighted by Crippen LogP contribution is 2.35. The number of hydrogen-bond donors (Lipinski definition) is 0. The van der Waals surface area contributed by atoms with E-state index in [4.69, 9.17) is 0 Å². The fraction of sp³-hybridized carbons (Fsp3) is 0.304. The van der Waals surface area contributed by atoms with Gasteiger partial charge in [0.1, 0.15) is 5.82 Å². The van der Waals surface area contributed by atoms with Crippen molar-refractivity contribution >= 4 is 0 Å². The van der Waals surface area contributed by atoms with Gasteiger partial charge in [0.2, 0.25) is 0 Å². The monoisotopic (exact) mass is 348 g/mol. The molecular formula is C23H25FN2. The highest BCUT2D eigenvalue weighted by Gasteiger charge is 2.33. The van der Waals surface area contributed by atoms with Gasteiger partial charge in [-0.3, -0.25) is 4.90 Å². The van der Waals surface area contributed by atoms with E-state index < -0.39 is 0 Å². The summed E-state index contributed by atoms with van der Waals surface area (Å²) >= 11 is 0. The minimum atomic E-state index is -0.182. The predicted octanol–water partition coefficient (Wildman–Crippen LogP) is 5.40. The lowest BCUT2D eigenvalue weighted by atomic mass is 10.1. The maximum absolute atomic E-state index is 13.1. The maximum atomic E-state index is 13.1. The number of rotatable bonds is 7. The summed E-state index contributed by atoms with van der Waals surface area (Å²) in [5.41, 5.74) is 3.80. The molecule has 134 valence electrons. The topological polar surface area (TPSA) is 8.17 Å². The molecule has 1 fully saturated rings. The highest BCUT2D eigenvalue weighted by atomic mass is 19.1. The van der Waals surface area contributed by atoms with Crippen LogP contribution in [-0.4, -0.2) is 15.5 Å². The van der Waals surface area contributed by atoms with Gasteiger partial charge in [-0.2, -0.15) is 0 Å². The fourth-order valence-corrected chi connectivity index (χ4v) is 3.63. The standard InChI is InChI=1S/C23H25FN2/c1-18(20-6-3-2-4-7-20)26(22-13-14-22)17-23-8-5-15-25(23)16-19-9-11-21(24)12-10-19/h2-12,15,18,22H,13-14,16-17H2,1H3. The molecule has 3 aromatic rings. The Balaban J connectivity index is 1.52. The van der Waals surface area contributed by atoms with Crippen molar-refractivity contribution in [2.24, 2.45) is 0 Å². The summed E-state index contributed by atoms with van der Waals surface area (Å²) in [6, 6.07) is 22.9. The second-order valence-electron chi connectivity index (χ2n) is 7.24. The van der Waals surface area contributed by atoms with Gasteiger partial charge in [-0.1, -0.05) is 42.5 Å².